The van der Waals surface area contributed by atoms with E-state index in [2.05, 4.69) is 21.2 Å². The van der Waals surface area contributed by atoms with Crippen LogP contribution in [0.3, 0.4) is 0 Å². The zero-order chi connectivity index (χ0) is 9.97. The number of hydrazine groups is 1. The molecule has 1 unspecified atom stereocenters. The van der Waals surface area contributed by atoms with Gasteiger partial charge < -0.3 is 5.32 Å². The third kappa shape index (κ3) is 1.48. The summed E-state index contributed by atoms with van der Waals surface area (Å²) in [6, 6.07) is 3.35. The van der Waals surface area contributed by atoms with Crippen LogP contribution in [-0.4, -0.2) is 11.0 Å². The Kier molecular flexibility index (Phi) is 2.01. The number of hydrogen-bond donors (Lipinski definition) is 3. The fourth-order valence-corrected chi connectivity index (χ4v) is 1.18. The molecule has 0 spiro atoms. The molecule has 2 amide bonds. The van der Waals surface area contributed by atoms with Crippen molar-refractivity contribution in [2.45, 2.75) is 6.17 Å². The average molecular weight is 189 g/mol. The lowest BCUT2D eigenvalue weighted by Gasteiger charge is -2.08. The fraction of sp³-hybridized carbons (Fsp3) is 0.125. The van der Waals surface area contributed by atoms with Gasteiger partial charge in [0.25, 0.3) is 0 Å². The summed E-state index contributed by atoms with van der Waals surface area (Å²) in [6.45, 7) is 0. The summed E-state index contributed by atoms with van der Waals surface area (Å²) < 4.78 is 0. The number of amides is 2. The quantitative estimate of drug-likeness (QED) is 0.569. The van der Waals surface area contributed by atoms with E-state index in [1.165, 1.54) is 6.20 Å². The van der Waals surface area contributed by atoms with Crippen LogP contribution in [0.4, 0.5) is 4.79 Å². The maximum atomic E-state index is 10.8. The van der Waals surface area contributed by atoms with Crippen molar-refractivity contribution in [3.63, 3.8) is 0 Å². The van der Waals surface area contributed by atoms with E-state index in [0.29, 0.717) is 5.56 Å². The van der Waals surface area contributed by atoms with Gasteiger partial charge in [0, 0.05) is 18.0 Å². The van der Waals surface area contributed by atoms with Crippen LogP contribution in [-0.2, 0) is 0 Å². The molecule has 70 valence electrons. The number of urea groups is 1. The summed E-state index contributed by atoms with van der Waals surface area (Å²) in [5.41, 5.74) is 6.31. The first-order valence-corrected chi connectivity index (χ1v) is 3.96. The highest BCUT2D eigenvalue weighted by Crippen LogP contribution is 2.11. The van der Waals surface area contributed by atoms with Gasteiger partial charge in [0.2, 0.25) is 0 Å². The van der Waals surface area contributed by atoms with Crippen LogP contribution < -0.4 is 16.2 Å². The zero-order valence-electron chi connectivity index (χ0n) is 7.11. The maximum absolute atomic E-state index is 10.8. The Labute approximate surface area is 79.9 Å². The first-order valence-electron chi connectivity index (χ1n) is 3.96. The number of nitrogens with one attached hydrogen (secondary N) is 3. The second-order valence-corrected chi connectivity index (χ2v) is 2.79. The number of nitriles is 1. The number of carbonyl (C=O) groups is 1. The lowest BCUT2D eigenvalue weighted by Crippen LogP contribution is -2.26. The number of carbonyl (C=O) groups excluding carboxylic acids is 1. The number of aromatic nitrogens is 1. The molecule has 1 fully saturated rings. The number of hydrogen-bond acceptors (Lipinski definition) is 4. The van der Waals surface area contributed by atoms with Gasteiger partial charge in [-0.25, -0.2) is 10.2 Å². The van der Waals surface area contributed by atoms with E-state index >= 15 is 0 Å². The normalized spacial score (nSPS) is 19.6. The Morgan fingerprint density at radius 3 is 3.00 bits per heavy atom. The molecule has 1 aromatic heterocycles. The first-order chi connectivity index (χ1) is 6.79. The van der Waals surface area contributed by atoms with Crippen LogP contribution in [0.2, 0.25) is 0 Å². The second-order valence-electron chi connectivity index (χ2n) is 2.79. The van der Waals surface area contributed by atoms with Crippen LogP contribution >= 0.6 is 0 Å². The highest BCUT2D eigenvalue weighted by molar-refractivity contribution is 5.75. The van der Waals surface area contributed by atoms with E-state index in [-0.39, 0.29) is 12.2 Å². The zero-order valence-corrected chi connectivity index (χ0v) is 7.11. The molecule has 1 atom stereocenters. The van der Waals surface area contributed by atoms with Gasteiger partial charge in [-0.3, -0.25) is 10.4 Å². The van der Waals surface area contributed by atoms with E-state index < -0.39 is 0 Å². The van der Waals surface area contributed by atoms with Gasteiger partial charge in [-0.1, -0.05) is 0 Å². The lowest BCUT2D eigenvalue weighted by atomic mass is 10.2. The van der Waals surface area contributed by atoms with Crippen molar-refractivity contribution in [1.82, 2.24) is 21.2 Å². The van der Waals surface area contributed by atoms with Gasteiger partial charge in [-0.05, 0) is 6.07 Å². The van der Waals surface area contributed by atoms with Crippen LogP contribution in [0.1, 0.15) is 17.3 Å². The van der Waals surface area contributed by atoms with E-state index in [1.807, 2.05) is 6.07 Å². The van der Waals surface area contributed by atoms with E-state index in [9.17, 15) is 4.79 Å². The largest absolute Gasteiger partial charge is 0.330 e. The molecule has 2 rings (SSSR count). The third-order valence-electron chi connectivity index (χ3n) is 1.83. The minimum absolute atomic E-state index is 0.294. The molecule has 0 saturated carbocycles. The van der Waals surface area contributed by atoms with Gasteiger partial charge in [-0.2, -0.15) is 5.26 Å². The van der Waals surface area contributed by atoms with Crippen molar-refractivity contribution in [3.8, 4) is 6.07 Å². The molecule has 3 N–H and O–H groups in total. The van der Waals surface area contributed by atoms with E-state index in [1.54, 1.807) is 12.3 Å². The SMILES string of the molecule is N#Cc1cncc(C2NNC(=O)N2)c1. The maximum Gasteiger partial charge on any atom is 0.330 e. The van der Waals surface area contributed by atoms with E-state index in [4.69, 9.17) is 5.26 Å². The Balaban J connectivity index is 2.24. The minimum Gasteiger partial charge on any atom is -0.316 e. The summed E-state index contributed by atoms with van der Waals surface area (Å²) in [5, 5.41) is 11.3. The van der Waals surface area contributed by atoms with Gasteiger partial charge in [0.15, 0.2) is 0 Å². The number of nitrogens with zero attached hydrogens (tertiary/aromatic N) is 2. The Morgan fingerprint density at radius 2 is 2.36 bits per heavy atom. The molecule has 2 heterocycles. The Hall–Kier alpha value is -2.13. The molecule has 6 heteroatoms. The van der Waals surface area contributed by atoms with Gasteiger partial charge in [0.05, 0.1) is 5.56 Å². The third-order valence-corrected chi connectivity index (χ3v) is 1.83. The predicted molar refractivity (Wildman–Crippen MR) is 46.5 cm³/mol. The summed E-state index contributed by atoms with van der Waals surface area (Å²) in [5.74, 6) is 0. The summed E-state index contributed by atoms with van der Waals surface area (Å²) in [4.78, 5) is 14.7. The monoisotopic (exact) mass is 189 g/mol. The summed E-state index contributed by atoms with van der Waals surface area (Å²) in [7, 11) is 0. The molecule has 1 aliphatic rings. The fourth-order valence-electron chi connectivity index (χ4n) is 1.18. The topological polar surface area (TPSA) is 89.8 Å². The van der Waals surface area contributed by atoms with Crippen LogP contribution in [0.5, 0.6) is 0 Å². The molecule has 1 saturated heterocycles. The molecule has 0 aromatic carbocycles. The minimum atomic E-state index is -0.330. The molecular weight excluding hydrogens is 182 g/mol. The highest BCUT2D eigenvalue weighted by Gasteiger charge is 2.21. The van der Waals surface area contributed by atoms with Crippen molar-refractivity contribution in [1.29, 1.82) is 5.26 Å². The van der Waals surface area contributed by atoms with Gasteiger partial charge in [0.1, 0.15) is 12.2 Å². The molecule has 0 bridgehead atoms. The first kappa shape index (κ1) is 8.47. The van der Waals surface area contributed by atoms with Crippen molar-refractivity contribution in [2.75, 3.05) is 0 Å². The van der Waals surface area contributed by atoms with Crippen molar-refractivity contribution in [2.24, 2.45) is 0 Å². The number of pyridine rings is 1. The molecule has 0 radical (unpaired) electrons. The molecule has 6 nitrogen and oxygen atoms in total. The van der Waals surface area contributed by atoms with Gasteiger partial charge >= 0.3 is 6.03 Å². The van der Waals surface area contributed by atoms with Gasteiger partial charge in [-0.15, -0.1) is 0 Å². The second kappa shape index (κ2) is 3.32. The van der Waals surface area contributed by atoms with Crippen LogP contribution in [0, 0.1) is 11.3 Å². The standard InChI is InChI=1S/C8H7N5O/c9-2-5-1-6(4-10-3-5)7-11-8(14)13-12-7/h1,3-4,7,12H,(H2,11,13,14). The predicted octanol–water partition coefficient (Wildman–Crippen LogP) is -0.231. The van der Waals surface area contributed by atoms with Crippen LogP contribution in [0.15, 0.2) is 18.5 Å². The van der Waals surface area contributed by atoms with Crippen molar-refractivity contribution < 1.29 is 4.79 Å². The Morgan fingerprint density at radius 1 is 1.50 bits per heavy atom. The molecule has 1 aromatic rings. The smallest absolute Gasteiger partial charge is 0.316 e. The average Bonchev–Trinajstić information content (AvgIpc) is 2.65. The van der Waals surface area contributed by atoms with Crippen LogP contribution in [0.25, 0.3) is 0 Å². The molecule has 1 aliphatic heterocycles. The van der Waals surface area contributed by atoms with Crippen molar-refractivity contribution in [3.05, 3.63) is 29.6 Å². The van der Waals surface area contributed by atoms with E-state index in [0.717, 1.165) is 5.56 Å². The summed E-state index contributed by atoms with van der Waals surface area (Å²) >= 11 is 0. The molecule has 14 heavy (non-hydrogen) atoms. The Bertz CT molecular complexity index is 410. The lowest BCUT2D eigenvalue weighted by molar-refractivity contribution is 0.247. The summed E-state index contributed by atoms with van der Waals surface area (Å²) in [6.07, 6.45) is 2.72. The molecular formula is C8H7N5O. The number of rotatable bonds is 1. The van der Waals surface area contributed by atoms with Crippen molar-refractivity contribution >= 4 is 6.03 Å². The molecule has 0 aliphatic carbocycles. The highest BCUT2D eigenvalue weighted by atomic mass is 16.2.